The lowest BCUT2D eigenvalue weighted by atomic mass is 9.84. The molecular formula is C16H19NO2. The molecule has 2 rings (SSSR count). The van der Waals surface area contributed by atoms with Crippen LogP contribution in [-0.2, 0) is 5.41 Å². The van der Waals surface area contributed by atoms with Crippen LogP contribution in [0.15, 0.2) is 40.8 Å². The van der Waals surface area contributed by atoms with Crippen LogP contribution in [0.4, 0.5) is 0 Å². The zero-order valence-electron chi connectivity index (χ0n) is 11.6. The van der Waals surface area contributed by atoms with Crippen molar-refractivity contribution in [1.82, 2.24) is 0 Å². The predicted molar refractivity (Wildman–Crippen MR) is 75.4 cm³/mol. The molecule has 19 heavy (non-hydrogen) atoms. The van der Waals surface area contributed by atoms with Gasteiger partial charge in [0.15, 0.2) is 5.76 Å². The van der Waals surface area contributed by atoms with Gasteiger partial charge in [0.2, 0.25) is 5.78 Å². The fourth-order valence-electron chi connectivity index (χ4n) is 1.89. The normalized spacial score (nSPS) is 11.6. The van der Waals surface area contributed by atoms with Gasteiger partial charge in [0.05, 0.1) is 0 Å². The highest BCUT2D eigenvalue weighted by Crippen LogP contribution is 2.23. The van der Waals surface area contributed by atoms with E-state index in [1.54, 1.807) is 12.1 Å². The summed E-state index contributed by atoms with van der Waals surface area (Å²) < 4.78 is 5.35. The van der Waals surface area contributed by atoms with E-state index >= 15 is 0 Å². The van der Waals surface area contributed by atoms with Crippen LogP contribution in [0, 0.1) is 6.92 Å². The molecule has 100 valence electrons. The monoisotopic (exact) mass is 257 g/mol. The van der Waals surface area contributed by atoms with Crippen LogP contribution in [0.5, 0.6) is 0 Å². The Morgan fingerprint density at radius 3 is 2.26 bits per heavy atom. The minimum atomic E-state index is -0.0924. The van der Waals surface area contributed by atoms with Crippen molar-refractivity contribution in [2.45, 2.75) is 26.2 Å². The third-order valence-corrected chi connectivity index (χ3v) is 3.40. The molecule has 1 aromatic carbocycles. The summed E-state index contributed by atoms with van der Waals surface area (Å²) in [7, 11) is 0. The third-order valence-electron chi connectivity index (χ3n) is 3.40. The van der Waals surface area contributed by atoms with Gasteiger partial charge in [0.1, 0.15) is 5.76 Å². The van der Waals surface area contributed by atoms with Gasteiger partial charge < -0.3 is 10.2 Å². The van der Waals surface area contributed by atoms with Gasteiger partial charge >= 0.3 is 0 Å². The summed E-state index contributed by atoms with van der Waals surface area (Å²) in [6.07, 6.45) is 0. The van der Waals surface area contributed by atoms with Crippen LogP contribution < -0.4 is 5.73 Å². The summed E-state index contributed by atoms with van der Waals surface area (Å²) in [5, 5.41) is 0. The van der Waals surface area contributed by atoms with E-state index < -0.39 is 0 Å². The molecule has 0 saturated heterocycles. The molecule has 3 nitrogen and oxygen atoms in total. The number of hydrogen-bond donors (Lipinski definition) is 1. The number of ketones is 1. The number of aryl methyl sites for hydroxylation is 1. The van der Waals surface area contributed by atoms with Crippen LogP contribution in [0.3, 0.4) is 0 Å². The molecule has 1 aromatic heterocycles. The van der Waals surface area contributed by atoms with Gasteiger partial charge in [0, 0.05) is 17.5 Å². The van der Waals surface area contributed by atoms with E-state index in [9.17, 15) is 4.79 Å². The number of carbonyl (C=O) groups excluding carboxylic acids is 1. The molecule has 3 heteroatoms. The zero-order valence-corrected chi connectivity index (χ0v) is 11.6. The van der Waals surface area contributed by atoms with Gasteiger partial charge in [-0.2, -0.15) is 0 Å². The number of nitrogens with two attached hydrogens (primary N) is 1. The van der Waals surface area contributed by atoms with E-state index in [1.165, 1.54) is 0 Å². The van der Waals surface area contributed by atoms with Gasteiger partial charge in [-0.05, 0) is 24.6 Å². The molecule has 0 atom stereocenters. The highest BCUT2D eigenvalue weighted by Gasteiger charge is 2.19. The fourth-order valence-corrected chi connectivity index (χ4v) is 1.89. The smallest absolute Gasteiger partial charge is 0.228 e. The Hall–Kier alpha value is -1.87. The first-order valence-corrected chi connectivity index (χ1v) is 6.36. The fraction of sp³-hybridized carbons (Fsp3) is 0.312. The maximum absolute atomic E-state index is 12.2. The maximum atomic E-state index is 12.2. The molecule has 2 N–H and O–H groups in total. The Bertz CT molecular complexity index is 579. The third kappa shape index (κ3) is 2.76. The van der Waals surface area contributed by atoms with E-state index in [0.29, 0.717) is 17.9 Å². The number of hydrogen-bond acceptors (Lipinski definition) is 3. The van der Waals surface area contributed by atoms with Crippen LogP contribution in [0.25, 0.3) is 0 Å². The second-order valence-corrected chi connectivity index (χ2v) is 5.40. The lowest BCUT2D eigenvalue weighted by Gasteiger charge is -2.23. The van der Waals surface area contributed by atoms with Crippen LogP contribution >= 0.6 is 0 Å². The molecule has 0 saturated carbocycles. The summed E-state index contributed by atoms with van der Waals surface area (Å²) in [6.45, 7) is 6.56. The van der Waals surface area contributed by atoms with E-state index in [1.807, 2.05) is 31.2 Å². The van der Waals surface area contributed by atoms with Gasteiger partial charge in [-0.1, -0.05) is 38.1 Å². The van der Waals surface area contributed by atoms with E-state index in [0.717, 1.165) is 11.3 Å². The Morgan fingerprint density at radius 2 is 1.79 bits per heavy atom. The lowest BCUT2D eigenvalue weighted by molar-refractivity contribution is 0.101. The zero-order chi connectivity index (χ0) is 14.0. The molecule has 0 unspecified atom stereocenters. The van der Waals surface area contributed by atoms with Crippen molar-refractivity contribution in [1.29, 1.82) is 0 Å². The van der Waals surface area contributed by atoms with Gasteiger partial charge in [-0.3, -0.25) is 4.79 Å². The molecule has 0 aliphatic carbocycles. The molecule has 0 spiro atoms. The summed E-state index contributed by atoms with van der Waals surface area (Å²) >= 11 is 0. The van der Waals surface area contributed by atoms with Crippen LogP contribution in [0.2, 0.25) is 0 Å². The number of rotatable bonds is 4. The average molecular weight is 257 g/mol. The van der Waals surface area contributed by atoms with Gasteiger partial charge in [-0.15, -0.1) is 0 Å². The molecule has 0 bridgehead atoms. The van der Waals surface area contributed by atoms with Crippen molar-refractivity contribution in [2.75, 3.05) is 6.54 Å². The summed E-state index contributed by atoms with van der Waals surface area (Å²) in [4.78, 5) is 12.2. The molecule has 0 amide bonds. The first kappa shape index (κ1) is 13.6. The Labute approximate surface area is 113 Å². The van der Waals surface area contributed by atoms with Crippen molar-refractivity contribution >= 4 is 5.78 Å². The first-order chi connectivity index (χ1) is 8.94. The van der Waals surface area contributed by atoms with E-state index in [4.69, 9.17) is 10.2 Å². The molecule has 1 heterocycles. The Morgan fingerprint density at radius 1 is 1.16 bits per heavy atom. The topological polar surface area (TPSA) is 56.2 Å². The Kier molecular flexibility index (Phi) is 3.58. The van der Waals surface area contributed by atoms with Crippen molar-refractivity contribution < 1.29 is 9.21 Å². The standard InChI is InChI=1S/C16H19NO2/c1-11-4-9-14(19-11)15(18)12-5-7-13(8-6-12)16(2,3)10-17/h4-9H,10,17H2,1-3H3. The molecule has 0 aliphatic heterocycles. The SMILES string of the molecule is Cc1ccc(C(=O)c2ccc(C(C)(C)CN)cc2)o1. The second-order valence-electron chi connectivity index (χ2n) is 5.40. The van der Waals surface area contributed by atoms with Gasteiger partial charge in [-0.25, -0.2) is 0 Å². The number of benzene rings is 1. The predicted octanol–water partition coefficient (Wildman–Crippen LogP) is 3.06. The highest BCUT2D eigenvalue weighted by molar-refractivity contribution is 6.07. The second kappa shape index (κ2) is 5.02. The molecule has 0 aliphatic rings. The van der Waals surface area contributed by atoms with Crippen molar-refractivity contribution in [3.63, 3.8) is 0 Å². The first-order valence-electron chi connectivity index (χ1n) is 6.36. The quantitative estimate of drug-likeness (QED) is 0.856. The Balaban J connectivity index is 2.26. The van der Waals surface area contributed by atoms with Crippen molar-refractivity contribution in [3.8, 4) is 0 Å². The van der Waals surface area contributed by atoms with E-state index in [2.05, 4.69) is 13.8 Å². The number of carbonyl (C=O) groups is 1. The summed E-state index contributed by atoms with van der Waals surface area (Å²) in [6, 6.07) is 11.1. The minimum absolute atomic E-state index is 0.0805. The van der Waals surface area contributed by atoms with Crippen molar-refractivity contribution in [2.24, 2.45) is 5.73 Å². The van der Waals surface area contributed by atoms with Crippen LogP contribution in [0.1, 0.15) is 41.3 Å². The molecular weight excluding hydrogens is 238 g/mol. The summed E-state index contributed by atoms with van der Waals surface area (Å²) in [5.74, 6) is 1.03. The number of furan rings is 1. The highest BCUT2D eigenvalue weighted by atomic mass is 16.3. The molecule has 0 radical (unpaired) electrons. The van der Waals surface area contributed by atoms with Gasteiger partial charge in [0.25, 0.3) is 0 Å². The maximum Gasteiger partial charge on any atom is 0.228 e. The lowest BCUT2D eigenvalue weighted by Crippen LogP contribution is -2.28. The largest absolute Gasteiger partial charge is 0.458 e. The minimum Gasteiger partial charge on any atom is -0.458 e. The molecule has 0 fully saturated rings. The summed E-state index contributed by atoms with van der Waals surface area (Å²) in [5.41, 5.74) is 7.43. The van der Waals surface area contributed by atoms with Crippen molar-refractivity contribution in [3.05, 3.63) is 59.0 Å². The van der Waals surface area contributed by atoms with Crippen LogP contribution in [-0.4, -0.2) is 12.3 Å². The average Bonchev–Trinajstić information content (AvgIpc) is 2.85. The molecule has 2 aromatic rings. The van der Waals surface area contributed by atoms with E-state index in [-0.39, 0.29) is 11.2 Å².